The number of hydrogen-bond acceptors (Lipinski definition) is 5. The Hall–Kier alpha value is -1.51. The Morgan fingerprint density at radius 1 is 1.40 bits per heavy atom. The number of nitrogens with one attached hydrogen (secondary N) is 1. The first-order valence-electron chi connectivity index (χ1n) is 6.32. The predicted octanol–water partition coefficient (Wildman–Crippen LogP) is 1.14. The lowest BCUT2D eigenvalue weighted by Crippen LogP contribution is -2.40. The van der Waals surface area contributed by atoms with E-state index < -0.39 is 20.7 Å². The van der Waals surface area contributed by atoms with Gasteiger partial charge < -0.3 is 5.73 Å². The van der Waals surface area contributed by atoms with Gasteiger partial charge in [0.2, 0.25) is 10.0 Å². The summed E-state index contributed by atoms with van der Waals surface area (Å²) in [5, 5.41) is 10.9. The topological polar surface area (TPSA) is 115 Å². The van der Waals surface area contributed by atoms with Crippen LogP contribution in [0, 0.1) is 10.1 Å². The van der Waals surface area contributed by atoms with E-state index in [1.807, 2.05) is 6.92 Å². The van der Waals surface area contributed by atoms with Gasteiger partial charge >= 0.3 is 0 Å². The van der Waals surface area contributed by atoms with E-state index in [0.29, 0.717) is 6.42 Å². The van der Waals surface area contributed by atoms with Gasteiger partial charge in [-0.3, -0.25) is 10.1 Å². The molecule has 7 nitrogen and oxygen atoms in total. The van der Waals surface area contributed by atoms with E-state index in [1.54, 1.807) is 6.07 Å². The predicted molar refractivity (Wildman–Crippen MR) is 76.6 cm³/mol. The summed E-state index contributed by atoms with van der Waals surface area (Å²) in [6.07, 6.45) is 1.43. The summed E-state index contributed by atoms with van der Waals surface area (Å²) in [5.41, 5.74) is 5.47. The zero-order valence-electron chi connectivity index (χ0n) is 11.3. The van der Waals surface area contributed by atoms with Crippen molar-refractivity contribution < 1.29 is 13.3 Å². The molecule has 20 heavy (non-hydrogen) atoms. The van der Waals surface area contributed by atoms with Crippen LogP contribution in [0.5, 0.6) is 0 Å². The molecule has 1 atom stereocenters. The molecule has 0 amide bonds. The molecule has 0 heterocycles. The second-order valence-corrected chi connectivity index (χ2v) is 6.24. The fraction of sp³-hybridized carbons (Fsp3) is 0.500. The van der Waals surface area contributed by atoms with Crippen molar-refractivity contribution in [3.05, 3.63) is 39.9 Å². The highest BCUT2D eigenvalue weighted by Gasteiger charge is 2.21. The third kappa shape index (κ3) is 4.87. The lowest BCUT2D eigenvalue weighted by atomic mass is 10.2. The molecule has 112 valence electrons. The highest BCUT2D eigenvalue weighted by atomic mass is 32.2. The minimum absolute atomic E-state index is 0.164. The summed E-state index contributed by atoms with van der Waals surface area (Å²) in [6, 6.07) is 5.46. The van der Waals surface area contributed by atoms with Gasteiger partial charge in [0.15, 0.2) is 0 Å². The molecule has 0 saturated carbocycles. The highest BCUT2D eigenvalue weighted by Crippen LogP contribution is 2.19. The van der Waals surface area contributed by atoms with Crippen molar-refractivity contribution in [1.82, 2.24) is 4.72 Å². The Labute approximate surface area is 118 Å². The minimum Gasteiger partial charge on any atom is -0.329 e. The Morgan fingerprint density at radius 2 is 2.05 bits per heavy atom. The number of nitro benzene ring substituents is 1. The van der Waals surface area contributed by atoms with Gasteiger partial charge in [-0.15, -0.1) is 0 Å². The van der Waals surface area contributed by atoms with Crippen LogP contribution in [0.15, 0.2) is 24.3 Å². The molecule has 0 bridgehead atoms. The monoisotopic (exact) mass is 301 g/mol. The molecule has 0 aliphatic carbocycles. The third-order valence-electron chi connectivity index (χ3n) is 2.80. The average Bonchev–Trinajstić information content (AvgIpc) is 2.37. The van der Waals surface area contributed by atoms with E-state index in [0.717, 1.165) is 6.42 Å². The first kappa shape index (κ1) is 16.5. The SMILES string of the molecule is CCCC(CN)NS(=O)(=O)Cc1ccccc1[N+](=O)[O-]. The van der Waals surface area contributed by atoms with Crippen molar-refractivity contribution in [1.29, 1.82) is 0 Å². The van der Waals surface area contributed by atoms with Crippen LogP contribution in [0.1, 0.15) is 25.3 Å². The van der Waals surface area contributed by atoms with Crippen molar-refractivity contribution >= 4 is 15.7 Å². The highest BCUT2D eigenvalue weighted by molar-refractivity contribution is 7.88. The number of sulfonamides is 1. The fourth-order valence-corrected chi connectivity index (χ4v) is 3.34. The number of para-hydroxylation sites is 1. The van der Waals surface area contributed by atoms with Crippen molar-refractivity contribution in [2.75, 3.05) is 6.54 Å². The number of nitrogens with two attached hydrogens (primary N) is 1. The molecule has 0 spiro atoms. The average molecular weight is 301 g/mol. The molecule has 1 rings (SSSR count). The molecule has 0 aliphatic heterocycles. The summed E-state index contributed by atoms with van der Waals surface area (Å²) in [4.78, 5) is 10.3. The zero-order valence-corrected chi connectivity index (χ0v) is 12.1. The molecule has 0 saturated heterocycles. The van der Waals surface area contributed by atoms with Crippen molar-refractivity contribution in [2.24, 2.45) is 5.73 Å². The van der Waals surface area contributed by atoms with Gasteiger partial charge in [-0.1, -0.05) is 31.5 Å². The summed E-state index contributed by atoms with van der Waals surface area (Å²) < 4.78 is 26.5. The van der Waals surface area contributed by atoms with Crippen LogP contribution in [0.2, 0.25) is 0 Å². The van der Waals surface area contributed by atoms with Gasteiger partial charge in [0.05, 0.1) is 10.7 Å². The third-order valence-corrected chi connectivity index (χ3v) is 4.19. The summed E-state index contributed by atoms with van der Waals surface area (Å²) >= 11 is 0. The molecule has 1 unspecified atom stereocenters. The Balaban J connectivity index is 2.89. The van der Waals surface area contributed by atoms with Crippen LogP contribution in [-0.2, 0) is 15.8 Å². The van der Waals surface area contributed by atoms with E-state index >= 15 is 0 Å². The Morgan fingerprint density at radius 3 is 2.60 bits per heavy atom. The fourth-order valence-electron chi connectivity index (χ4n) is 1.88. The van der Waals surface area contributed by atoms with Gasteiger partial charge in [0.1, 0.15) is 0 Å². The molecular formula is C12H19N3O4S. The Kier molecular flexibility index (Phi) is 6.05. The zero-order chi connectivity index (χ0) is 15.2. The smallest absolute Gasteiger partial charge is 0.273 e. The molecule has 3 N–H and O–H groups in total. The summed E-state index contributed by atoms with van der Waals surface area (Å²) in [7, 11) is -3.66. The first-order valence-corrected chi connectivity index (χ1v) is 7.97. The number of benzene rings is 1. The second kappa shape index (κ2) is 7.32. The molecule has 0 radical (unpaired) electrons. The standard InChI is InChI=1S/C12H19N3O4S/c1-2-5-11(8-13)14-20(18,19)9-10-6-3-4-7-12(10)15(16)17/h3-4,6-7,11,14H,2,5,8-9,13H2,1H3. The van der Waals surface area contributed by atoms with Crippen LogP contribution in [0.25, 0.3) is 0 Å². The van der Waals surface area contributed by atoms with E-state index in [9.17, 15) is 18.5 Å². The van der Waals surface area contributed by atoms with Crippen molar-refractivity contribution in [3.8, 4) is 0 Å². The van der Waals surface area contributed by atoms with E-state index in [-0.39, 0.29) is 23.8 Å². The van der Waals surface area contributed by atoms with Crippen LogP contribution >= 0.6 is 0 Å². The number of nitro groups is 1. The van der Waals surface area contributed by atoms with Crippen LogP contribution < -0.4 is 10.5 Å². The van der Waals surface area contributed by atoms with E-state index in [1.165, 1.54) is 18.2 Å². The van der Waals surface area contributed by atoms with Gasteiger partial charge in [-0.25, -0.2) is 13.1 Å². The maximum Gasteiger partial charge on any atom is 0.273 e. The van der Waals surface area contributed by atoms with Crippen molar-refractivity contribution in [2.45, 2.75) is 31.6 Å². The molecule has 0 fully saturated rings. The van der Waals surface area contributed by atoms with Gasteiger partial charge in [-0.05, 0) is 6.42 Å². The first-order chi connectivity index (χ1) is 9.39. The van der Waals surface area contributed by atoms with E-state index in [4.69, 9.17) is 5.73 Å². The number of hydrogen-bond donors (Lipinski definition) is 2. The molecule has 8 heteroatoms. The maximum absolute atomic E-state index is 12.0. The molecule has 1 aromatic carbocycles. The number of nitrogens with zero attached hydrogens (tertiary/aromatic N) is 1. The summed E-state index contributed by atoms with van der Waals surface area (Å²) in [6.45, 7) is 2.13. The largest absolute Gasteiger partial charge is 0.329 e. The molecular weight excluding hydrogens is 282 g/mol. The molecule has 0 aromatic heterocycles. The van der Waals surface area contributed by atoms with Crippen molar-refractivity contribution in [3.63, 3.8) is 0 Å². The summed E-state index contributed by atoms with van der Waals surface area (Å²) in [5.74, 6) is -0.426. The molecule has 1 aromatic rings. The van der Waals surface area contributed by atoms with Gasteiger partial charge in [0.25, 0.3) is 5.69 Å². The number of rotatable bonds is 8. The lowest BCUT2D eigenvalue weighted by molar-refractivity contribution is -0.385. The maximum atomic E-state index is 12.0. The van der Waals surface area contributed by atoms with Crippen LogP contribution in [-0.4, -0.2) is 25.9 Å². The Bertz CT molecular complexity index is 560. The normalized spacial score (nSPS) is 13.1. The van der Waals surface area contributed by atoms with Gasteiger partial charge in [0, 0.05) is 24.2 Å². The second-order valence-electron chi connectivity index (χ2n) is 4.48. The van der Waals surface area contributed by atoms with Crippen LogP contribution in [0.4, 0.5) is 5.69 Å². The van der Waals surface area contributed by atoms with Crippen LogP contribution in [0.3, 0.4) is 0 Å². The quantitative estimate of drug-likeness (QED) is 0.552. The van der Waals surface area contributed by atoms with E-state index in [2.05, 4.69) is 4.72 Å². The molecule has 0 aliphatic rings. The lowest BCUT2D eigenvalue weighted by Gasteiger charge is -2.16. The van der Waals surface area contributed by atoms with Gasteiger partial charge in [-0.2, -0.15) is 0 Å². The minimum atomic E-state index is -3.66.